The minimum atomic E-state index is -0.398. The van der Waals surface area contributed by atoms with Gasteiger partial charge in [0.25, 0.3) is 0 Å². The summed E-state index contributed by atoms with van der Waals surface area (Å²) in [5, 5.41) is 4.13. The molecule has 4 rings (SSSR count). The molecule has 1 saturated heterocycles. The molecule has 29 heavy (non-hydrogen) atoms. The molecule has 5 nitrogen and oxygen atoms in total. The van der Waals surface area contributed by atoms with Crippen LogP contribution in [0.2, 0.25) is 0 Å². The third-order valence-electron chi connectivity index (χ3n) is 5.32. The number of likely N-dealkylation sites (tertiary alicyclic amines) is 1. The van der Waals surface area contributed by atoms with Crippen LogP contribution in [0.4, 0.5) is 0 Å². The molecule has 1 aromatic heterocycles. The summed E-state index contributed by atoms with van der Waals surface area (Å²) in [6, 6.07) is 19.2. The number of nitrogens with one attached hydrogen (secondary N) is 1. The van der Waals surface area contributed by atoms with Gasteiger partial charge in [0.15, 0.2) is 0 Å². The number of carbonyl (C=O) groups is 2. The SMILES string of the molecule is CC(C)CN1C[C@@H](C(=O)N[C@H](c2ccccc2)c2cc3ccccc3o2)CC1=O. The van der Waals surface area contributed by atoms with Crippen LogP contribution in [-0.4, -0.2) is 29.8 Å². The molecular formula is C24H26N2O3. The zero-order chi connectivity index (χ0) is 20.4. The van der Waals surface area contributed by atoms with Crippen molar-refractivity contribution in [2.45, 2.75) is 26.3 Å². The Labute approximate surface area is 170 Å². The van der Waals surface area contributed by atoms with Crippen molar-refractivity contribution in [1.82, 2.24) is 10.2 Å². The lowest BCUT2D eigenvalue weighted by atomic mass is 10.0. The van der Waals surface area contributed by atoms with Gasteiger partial charge in [0, 0.05) is 24.9 Å². The zero-order valence-corrected chi connectivity index (χ0v) is 16.8. The molecule has 2 atom stereocenters. The van der Waals surface area contributed by atoms with Crippen molar-refractivity contribution in [3.05, 3.63) is 72.0 Å². The van der Waals surface area contributed by atoms with E-state index < -0.39 is 6.04 Å². The number of amides is 2. The van der Waals surface area contributed by atoms with E-state index >= 15 is 0 Å². The first kappa shape index (κ1) is 19.2. The number of furan rings is 1. The van der Waals surface area contributed by atoms with Gasteiger partial charge in [-0.3, -0.25) is 9.59 Å². The van der Waals surface area contributed by atoms with Crippen molar-refractivity contribution >= 4 is 22.8 Å². The molecule has 0 aliphatic carbocycles. The third-order valence-corrected chi connectivity index (χ3v) is 5.32. The number of hydrogen-bond acceptors (Lipinski definition) is 3. The van der Waals surface area contributed by atoms with E-state index in [2.05, 4.69) is 19.2 Å². The summed E-state index contributed by atoms with van der Waals surface area (Å²) in [6.07, 6.45) is 0.264. The molecule has 2 heterocycles. The van der Waals surface area contributed by atoms with Crippen LogP contribution in [0.1, 0.15) is 37.6 Å². The van der Waals surface area contributed by atoms with Gasteiger partial charge in [-0.1, -0.05) is 62.4 Å². The monoisotopic (exact) mass is 390 g/mol. The Morgan fingerprint density at radius 1 is 1.14 bits per heavy atom. The second-order valence-corrected chi connectivity index (χ2v) is 8.13. The van der Waals surface area contributed by atoms with Gasteiger partial charge in [-0.25, -0.2) is 0 Å². The van der Waals surface area contributed by atoms with E-state index in [0.717, 1.165) is 16.5 Å². The van der Waals surface area contributed by atoms with Crippen LogP contribution in [0.15, 0.2) is 65.1 Å². The first-order valence-corrected chi connectivity index (χ1v) is 10.1. The summed E-state index contributed by atoms with van der Waals surface area (Å²) in [5.41, 5.74) is 1.74. The van der Waals surface area contributed by atoms with Crippen molar-refractivity contribution in [3.63, 3.8) is 0 Å². The number of para-hydroxylation sites is 1. The Hall–Kier alpha value is -3.08. The van der Waals surface area contributed by atoms with Crippen LogP contribution in [0.5, 0.6) is 0 Å². The van der Waals surface area contributed by atoms with E-state index in [1.54, 1.807) is 4.90 Å². The van der Waals surface area contributed by atoms with Gasteiger partial charge in [0.05, 0.1) is 5.92 Å². The zero-order valence-electron chi connectivity index (χ0n) is 16.8. The van der Waals surface area contributed by atoms with Crippen molar-refractivity contribution < 1.29 is 14.0 Å². The topological polar surface area (TPSA) is 62.6 Å². The third kappa shape index (κ3) is 4.19. The van der Waals surface area contributed by atoms with E-state index in [-0.39, 0.29) is 24.2 Å². The van der Waals surface area contributed by atoms with Gasteiger partial charge < -0.3 is 14.6 Å². The highest BCUT2D eigenvalue weighted by Gasteiger charge is 2.35. The number of hydrogen-bond donors (Lipinski definition) is 1. The molecule has 150 valence electrons. The molecule has 2 amide bonds. The molecule has 0 saturated carbocycles. The van der Waals surface area contributed by atoms with E-state index in [1.165, 1.54) is 0 Å². The molecule has 1 aliphatic rings. The second kappa shape index (κ2) is 8.11. The molecule has 1 fully saturated rings. The predicted octanol–water partition coefficient (Wildman–Crippen LogP) is 4.14. The van der Waals surface area contributed by atoms with Crippen molar-refractivity contribution in [3.8, 4) is 0 Å². The van der Waals surface area contributed by atoms with Gasteiger partial charge in [-0.05, 0) is 23.6 Å². The van der Waals surface area contributed by atoms with E-state index in [4.69, 9.17) is 4.42 Å². The summed E-state index contributed by atoms with van der Waals surface area (Å²) >= 11 is 0. The fourth-order valence-corrected chi connectivity index (χ4v) is 3.93. The maximum absolute atomic E-state index is 13.1. The summed E-state index contributed by atoms with van der Waals surface area (Å²) < 4.78 is 6.05. The van der Waals surface area contributed by atoms with Crippen molar-refractivity contribution in [2.24, 2.45) is 11.8 Å². The van der Waals surface area contributed by atoms with Crippen LogP contribution in [0.3, 0.4) is 0 Å². The van der Waals surface area contributed by atoms with E-state index in [1.807, 2.05) is 60.7 Å². The lowest BCUT2D eigenvalue weighted by molar-refractivity contribution is -0.129. The Kier molecular flexibility index (Phi) is 5.38. The van der Waals surface area contributed by atoms with Crippen molar-refractivity contribution in [1.29, 1.82) is 0 Å². The molecule has 1 N–H and O–H groups in total. The Morgan fingerprint density at radius 3 is 2.59 bits per heavy atom. The normalized spacial score (nSPS) is 17.8. The summed E-state index contributed by atoms with van der Waals surface area (Å²) in [6.45, 7) is 5.32. The maximum atomic E-state index is 13.1. The number of rotatable bonds is 6. The highest BCUT2D eigenvalue weighted by molar-refractivity contribution is 5.89. The van der Waals surface area contributed by atoms with Crippen LogP contribution in [0, 0.1) is 11.8 Å². The van der Waals surface area contributed by atoms with Crippen LogP contribution in [0.25, 0.3) is 11.0 Å². The molecule has 0 radical (unpaired) electrons. The van der Waals surface area contributed by atoms with Crippen LogP contribution >= 0.6 is 0 Å². The molecule has 2 aromatic carbocycles. The van der Waals surface area contributed by atoms with Gasteiger partial charge in [-0.15, -0.1) is 0 Å². The molecule has 0 bridgehead atoms. The number of nitrogens with zero attached hydrogens (tertiary/aromatic N) is 1. The fourth-order valence-electron chi connectivity index (χ4n) is 3.93. The Morgan fingerprint density at radius 2 is 1.86 bits per heavy atom. The van der Waals surface area contributed by atoms with Gasteiger partial charge >= 0.3 is 0 Å². The summed E-state index contributed by atoms with van der Waals surface area (Å²) in [7, 11) is 0. The standard InChI is InChI=1S/C24H26N2O3/c1-16(2)14-26-15-19(13-22(26)27)24(28)25-23(17-8-4-3-5-9-17)21-12-18-10-6-7-11-20(18)29-21/h3-12,16,19,23H,13-15H2,1-2H3,(H,25,28)/t19-,23+/m0/s1. The van der Waals surface area contributed by atoms with E-state index in [0.29, 0.717) is 24.8 Å². The molecule has 1 aliphatic heterocycles. The first-order chi connectivity index (χ1) is 14.0. The van der Waals surface area contributed by atoms with Gasteiger partial charge in [-0.2, -0.15) is 0 Å². The largest absolute Gasteiger partial charge is 0.459 e. The number of benzene rings is 2. The number of carbonyl (C=O) groups excluding carboxylic acids is 2. The molecular weight excluding hydrogens is 364 g/mol. The summed E-state index contributed by atoms with van der Waals surface area (Å²) in [4.78, 5) is 27.2. The average Bonchev–Trinajstić information content (AvgIpc) is 3.30. The highest BCUT2D eigenvalue weighted by atomic mass is 16.3. The lowest BCUT2D eigenvalue weighted by Crippen LogP contribution is -2.36. The molecule has 0 unspecified atom stereocenters. The van der Waals surface area contributed by atoms with Crippen molar-refractivity contribution in [2.75, 3.05) is 13.1 Å². The highest BCUT2D eigenvalue weighted by Crippen LogP contribution is 2.29. The first-order valence-electron chi connectivity index (χ1n) is 10.1. The minimum absolute atomic E-state index is 0.0545. The van der Waals surface area contributed by atoms with E-state index in [9.17, 15) is 9.59 Å². The average molecular weight is 390 g/mol. The number of fused-ring (bicyclic) bond motifs is 1. The van der Waals surface area contributed by atoms with Crippen LogP contribution in [-0.2, 0) is 9.59 Å². The smallest absolute Gasteiger partial charge is 0.226 e. The lowest BCUT2D eigenvalue weighted by Gasteiger charge is -2.21. The molecule has 0 spiro atoms. The minimum Gasteiger partial charge on any atom is -0.459 e. The van der Waals surface area contributed by atoms with Crippen LogP contribution < -0.4 is 5.32 Å². The second-order valence-electron chi connectivity index (χ2n) is 8.13. The Bertz CT molecular complexity index is 976. The fraction of sp³-hybridized carbons (Fsp3) is 0.333. The Balaban J connectivity index is 1.58. The van der Waals surface area contributed by atoms with Gasteiger partial charge in [0.1, 0.15) is 17.4 Å². The molecule has 3 aromatic rings. The summed E-state index contributed by atoms with van der Waals surface area (Å²) in [5.74, 6) is 0.678. The molecule has 5 heteroatoms. The maximum Gasteiger partial charge on any atom is 0.226 e. The van der Waals surface area contributed by atoms with Gasteiger partial charge in [0.2, 0.25) is 11.8 Å². The quantitative estimate of drug-likeness (QED) is 0.688. The predicted molar refractivity (Wildman–Crippen MR) is 112 cm³/mol.